The van der Waals surface area contributed by atoms with Gasteiger partial charge in [0.05, 0.1) is 12.3 Å². The molecule has 0 saturated heterocycles. The largest absolute Gasteiger partial charge is 0.446 e. The van der Waals surface area contributed by atoms with Crippen LogP contribution in [0.5, 0.6) is 0 Å². The van der Waals surface area contributed by atoms with E-state index in [2.05, 4.69) is 0 Å². The average Bonchev–Trinajstić information content (AvgIpc) is 2.66. The molecule has 0 fully saturated rings. The topological polar surface area (TPSA) is 83.6 Å². The van der Waals surface area contributed by atoms with E-state index in [-0.39, 0.29) is 24.3 Å². The number of rotatable bonds is 8. The first kappa shape index (κ1) is 27.5. The predicted molar refractivity (Wildman–Crippen MR) is 112 cm³/mol. The maximum Gasteiger partial charge on any atom is 0.446 e. The molecule has 0 unspecified atom stereocenters. The second kappa shape index (κ2) is 11.1. The van der Waals surface area contributed by atoms with Crippen molar-refractivity contribution in [3.63, 3.8) is 0 Å². The molecule has 0 aliphatic carbocycles. The molecule has 186 valence electrons. The van der Waals surface area contributed by atoms with E-state index in [9.17, 15) is 44.3 Å². The molecule has 0 heterocycles. The third-order valence-electron chi connectivity index (χ3n) is 4.26. The Morgan fingerprint density at radius 3 is 2.18 bits per heavy atom. The fourth-order valence-electron chi connectivity index (χ4n) is 2.78. The van der Waals surface area contributed by atoms with Crippen molar-refractivity contribution in [1.82, 2.24) is 10.2 Å². The summed E-state index contributed by atoms with van der Waals surface area (Å²) in [4.78, 5) is 25.2. The van der Waals surface area contributed by atoms with Gasteiger partial charge >= 0.3 is 11.5 Å². The number of nitrogens with one attached hydrogen (secondary N) is 1. The molecular formula is C20H18F6N2O4S2. The molecule has 3 amide bonds. The summed E-state index contributed by atoms with van der Waals surface area (Å²) >= 11 is -0.541. The normalized spacial score (nSPS) is 11.9. The van der Waals surface area contributed by atoms with Crippen molar-refractivity contribution in [2.75, 3.05) is 18.6 Å². The number of sulfone groups is 1. The molecule has 0 bridgehead atoms. The summed E-state index contributed by atoms with van der Waals surface area (Å²) in [5.41, 5.74) is -5.91. The van der Waals surface area contributed by atoms with E-state index in [0.717, 1.165) is 41.5 Å². The molecule has 2 aromatic carbocycles. The third kappa shape index (κ3) is 8.56. The zero-order chi connectivity index (χ0) is 25.7. The van der Waals surface area contributed by atoms with Gasteiger partial charge in [-0.2, -0.15) is 13.2 Å². The highest BCUT2D eigenvalue weighted by Crippen LogP contribution is 2.37. The number of halogens is 6. The molecule has 0 aliphatic heterocycles. The highest BCUT2D eigenvalue weighted by molar-refractivity contribution is 8.00. The molecular weight excluding hydrogens is 510 g/mol. The number of carbonyl (C=O) groups is 2. The second-order valence-corrected chi connectivity index (χ2v) is 10.5. The van der Waals surface area contributed by atoms with E-state index in [1.807, 2.05) is 0 Å². The quantitative estimate of drug-likeness (QED) is 0.403. The first-order chi connectivity index (χ1) is 15.7. The minimum absolute atomic E-state index is 0.127. The predicted octanol–water partition coefficient (Wildman–Crippen LogP) is 4.50. The van der Waals surface area contributed by atoms with Gasteiger partial charge in [-0.3, -0.25) is 10.1 Å². The molecule has 6 nitrogen and oxygen atoms in total. The Morgan fingerprint density at radius 1 is 1.03 bits per heavy atom. The summed E-state index contributed by atoms with van der Waals surface area (Å²) in [5, 5.41) is 1.75. The summed E-state index contributed by atoms with van der Waals surface area (Å²) in [6, 6.07) is 3.96. The molecule has 2 rings (SSSR count). The number of hydrogen-bond acceptors (Lipinski definition) is 5. The van der Waals surface area contributed by atoms with Crippen LogP contribution < -0.4 is 5.32 Å². The number of alkyl halides is 3. The first-order valence-electron chi connectivity index (χ1n) is 9.42. The van der Waals surface area contributed by atoms with Crippen molar-refractivity contribution in [3.8, 4) is 0 Å². The Kier molecular flexibility index (Phi) is 9.00. The molecule has 1 N–H and O–H groups in total. The number of nitrogens with zero attached hydrogens (tertiary/aromatic N) is 1. The van der Waals surface area contributed by atoms with Gasteiger partial charge < -0.3 is 4.90 Å². The lowest BCUT2D eigenvalue weighted by atomic mass is 10.2. The van der Waals surface area contributed by atoms with Crippen molar-refractivity contribution in [2.24, 2.45) is 0 Å². The van der Waals surface area contributed by atoms with Crippen molar-refractivity contribution >= 4 is 33.5 Å². The molecule has 0 atom stereocenters. The minimum atomic E-state index is -4.64. The Labute approximate surface area is 195 Å². The number of imide groups is 1. The first-order valence-corrected chi connectivity index (χ1v) is 12.3. The van der Waals surface area contributed by atoms with E-state index in [0.29, 0.717) is 6.07 Å². The zero-order valence-corrected chi connectivity index (χ0v) is 19.1. The van der Waals surface area contributed by atoms with Crippen LogP contribution in [-0.2, 0) is 16.4 Å². The summed E-state index contributed by atoms with van der Waals surface area (Å²) < 4.78 is 102. The minimum Gasteiger partial charge on any atom is -0.320 e. The van der Waals surface area contributed by atoms with Crippen LogP contribution in [0.2, 0.25) is 0 Å². The van der Waals surface area contributed by atoms with Crippen LogP contribution in [0.4, 0.5) is 31.1 Å². The lowest BCUT2D eigenvalue weighted by Gasteiger charge is -2.23. The number of thioether (sulfide) groups is 1. The number of hydrogen-bond donors (Lipinski definition) is 1. The molecule has 0 radical (unpaired) electrons. The fraction of sp³-hybridized carbons (Fsp3) is 0.300. The van der Waals surface area contributed by atoms with Crippen LogP contribution in [-0.4, -0.2) is 49.3 Å². The van der Waals surface area contributed by atoms with Crippen molar-refractivity contribution in [1.29, 1.82) is 0 Å². The second-order valence-electron chi connectivity index (χ2n) is 7.06. The molecule has 0 aliphatic rings. The molecule has 14 heteroatoms. The van der Waals surface area contributed by atoms with Crippen molar-refractivity contribution < 1.29 is 44.3 Å². The van der Waals surface area contributed by atoms with Crippen LogP contribution in [0.3, 0.4) is 0 Å². The summed E-state index contributed by atoms with van der Waals surface area (Å²) in [7, 11) is -3.43. The van der Waals surface area contributed by atoms with Gasteiger partial charge in [0.15, 0.2) is 0 Å². The molecule has 0 aromatic heterocycles. The Balaban J connectivity index is 2.23. The number of amides is 3. The lowest BCUT2D eigenvalue weighted by Crippen LogP contribution is -2.43. The van der Waals surface area contributed by atoms with Gasteiger partial charge in [0.1, 0.15) is 32.9 Å². The van der Waals surface area contributed by atoms with E-state index in [1.54, 1.807) is 5.32 Å². The van der Waals surface area contributed by atoms with Gasteiger partial charge in [-0.05, 0) is 42.4 Å². The smallest absolute Gasteiger partial charge is 0.320 e. The average molecular weight is 528 g/mol. The van der Waals surface area contributed by atoms with Gasteiger partial charge in [-0.15, -0.1) is 0 Å². The van der Waals surface area contributed by atoms with Gasteiger partial charge in [-0.1, -0.05) is 12.1 Å². The van der Waals surface area contributed by atoms with Crippen LogP contribution in [0.15, 0.2) is 41.3 Å². The van der Waals surface area contributed by atoms with Gasteiger partial charge in [0.2, 0.25) is 0 Å². The van der Waals surface area contributed by atoms with E-state index < -0.39 is 73.5 Å². The standard InChI is InChI=1S/C20H18F6N2O4S2/c1-34(31,32)9-3-8-28(11-12-6-7-13(10-16(12)23)33-20(24,25)26)19(30)27-18(29)17-14(21)4-2-5-15(17)22/h2,4-7,10H,3,8-9,11H2,1H3,(H,27,29,30). The maximum absolute atomic E-state index is 14.4. The SMILES string of the molecule is CS(=O)(=O)CCCN(Cc1ccc(SC(F)(F)F)cc1F)C(=O)NC(=O)c1c(F)cccc1F. The Bertz CT molecular complexity index is 1150. The lowest BCUT2D eigenvalue weighted by molar-refractivity contribution is -0.0328. The molecule has 0 spiro atoms. The van der Waals surface area contributed by atoms with E-state index in [1.165, 1.54) is 0 Å². The zero-order valence-electron chi connectivity index (χ0n) is 17.5. The third-order valence-corrected chi connectivity index (χ3v) is 6.01. The molecule has 0 saturated carbocycles. The summed E-state index contributed by atoms with van der Waals surface area (Å²) in [5.74, 6) is -5.35. The van der Waals surface area contributed by atoms with Crippen LogP contribution in [0.25, 0.3) is 0 Å². The van der Waals surface area contributed by atoms with Gasteiger partial charge in [0.25, 0.3) is 5.91 Å². The highest BCUT2D eigenvalue weighted by atomic mass is 32.2. The van der Waals surface area contributed by atoms with Gasteiger partial charge in [-0.25, -0.2) is 26.4 Å². The number of carbonyl (C=O) groups excluding carboxylic acids is 2. The summed E-state index contributed by atoms with van der Waals surface area (Å²) in [6.45, 7) is -0.879. The summed E-state index contributed by atoms with van der Waals surface area (Å²) in [6.07, 6.45) is 0.816. The maximum atomic E-state index is 14.4. The highest BCUT2D eigenvalue weighted by Gasteiger charge is 2.30. The number of benzene rings is 2. The molecule has 34 heavy (non-hydrogen) atoms. The fourth-order valence-corrected chi connectivity index (χ4v) is 4.00. The monoisotopic (exact) mass is 528 g/mol. The number of urea groups is 1. The Hall–Kier alpha value is -2.74. The van der Waals surface area contributed by atoms with E-state index in [4.69, 9.17) is 0 Å². The van der Waals surface area contributed by atoms with Gasteiger partial charge in [0, 0.05) is 23.3 Å². The van der Waals surface area contributed by atoms with Crippen LogP contribution in [0.1, 0.15) is 22.3 Å². The van der Waals surface area contributed by atoms with Crippen LogP contribution >= 0.6 is 11.8 Å². The van der Waals surface area contributed by atoms with Crippen molar-refractivity contribution in [3.05, 3.63) is 65.0 Å². The van der Waals surface area contributed by atoms with Crippen molar-refractivity contribution in [2.45, 2.75) is 23.4 Å². The molecule has 2 aromatic rings. The van der Waals surface area contributed by atoms with Crippen LogP contribution in [0, 0.1) is 17.5 Å². The Morgan fingerprint density at radius 2 is 1.65 bits per heavy atom. The van der Waals surface area contributed by atoms with E-state index >= 15 is 0 Å².